The van der Waals surface area contributed by atoms with Gasteiger partial charge >= 0.3 is 7.82 Å². The lowest BCUT2D eigenvalue weighted by atomic mass is 10.0. The van der Waals surface area contributed by atoms with Crippen molar-refractivity contribution in [3.05, 3.63) is 122 Å². The molecule has 0 rings (SSSR count). The number of quaternary nitrogens is 1. The summed E-state index contributed by atoms with van der Waals surface area (Å²) in [5, 5.41) is 13.8. The molecular formula is C59H102N2O6P+. The maximum absolute atomic E-state index is 12.8. The van der Waals surface area contributed by atoms with Crippen molar-refractivity contribution in [2.45, 2.75) is 206 Å². The van der Waals surface area contributed by atoms with E-state index in [1.54, 1.807) is 0 Å². The topological polar surface area (TPSA) is 105 Å². The lowest BCUT2D eigenvalue weighted by Gasteiger charge is -2.26. The Morgan fingerprint density at radius 2 is 0.882 bits per heavy atom. The summed E-state index contributed by atoms with van der Waals surface area (Å²) in [6.07, 6.45) is 73.1. The van der Waals surface area contributed by atoms with Crippen LogP contribution in [-0.2, 0) is 18.4 Å². The first-order valence-electron chi connectivity index (χ1n) is 26.9. The van der Waals surface area contributed by atoms with Gasteiger partial charge in [0.1, 0.15) is 13.2 Å². The molecule has 3 atom stereocenters. The fourth-order valence-electron chi connectivity index (χ4n) is 7.01. The van der Waals surface area contributed by atoms with Gasteiger partial charge in [-0.25, -0.2) is 4.57 Å². The third kappa shape index (κ3) is 50.8. The highest BCUT2D eigenvalue weighted by Crippen LogP contribution is 2.43. The number of hydrogen-bond acceptors (Lipinski definition) is 5. The summed E-state index contributed by atoms with van der Waals surface area (Å²) in [6.45, 7) is 4.65. The number of hydrogen-bond donors (Lipinski definition) is 3. The number of aliphatic hydroxyl groups excluding tert-OH is 1. The predicted molar refractivity (Wildman–Crippen MR) is 295 cm³/mol. The first-order chi connectivity index (χ1) is 33.0. The van der Waals surface area contributed by atoms with Crippen LogP contribution in [0.25, 0.3) is 0 Å². The van der Waals surface area contributed by atoms with Gasteiger partial charge in [-0.15, -0.1) is 0 Å². The quantitative estimate of drug-likeness (QED) is 0.0243. The number of allylic oxidation sites excluding steroid dienone is 20. The molecule has 0 aliphatic heterocycles. The fourth-order valence-corrected chi connectivity index (χ4v) is 7.75. The van der Waals surface area contributed by atoms with Crippen molar-refractivity contribution >= 4 is 13.7 Å². The lowest BCUT2D eigenvalue weighted by Crippen LogP contribution is -2.46. The number of rotatable bonds is 47. The molecule has 3 unspecified atom stereocenters. The van der Waals surface area contributed by atoms with Gasteiger partial charge in [0.15, 0.2) is 0 Å². The number of carbonyl (C=O) groups excluding carboxylic acids is 1. The number of carbonyl (C=O) groups is 1. The highest BCUT2D eigenvalue weighted by Gasteiger charge is 2.28. The Morgan fingerprint density at radius 1 is 0.515 bits per heavy atom. The number of aliphatic hydroxyl groups is 1. The molecule has 0 saturated carbocycles. The van der Waals surface area contributed by atoms with E-state index in [0.29, 0.717) is 23.9 Å². The van der Waals surface area contributed by atoms with Crippen molar-refractivity contribution in [1.29, 1.82) is 0 Å². The van der Waals surface area contributed by atoms with Crippen molar-refractivity contribution in [1.82, 2.24) is 5.32 Å². The molecule has 0 aliphatic rings. The molecule has 0 spiro atoms. The second kappa shape index (κ2) is 48.9. The first kappa shape index (κ1) is 64.9. The zero-order chi connectivity index (χ0) is 49.9. The van der Waals surface area contributed by atoms with Crippen LogP contribution < -0.4 is 5.32 Å². The number of unbranched alkanes of at least 4 members (excludes halogenated alkanes) is 14. The average Bonchev–Trinajstić information content (AvgIpc) is 3.30. The Balaban J connectivity index is 3.90. The van der Waals surface area contributed by atoms with Crippen molar-refractivity contribution < 1.29 is 32.9 Å². The number of phosphoric ester groups is 1. The largest absolute Gasteiger partial charge is 0.472 e. The molecule has 68 heavy (non-hydrogen) atoms. The number of nitrogens with one attached hydrogen (secondary N) is 1. The highest BCUT2D eigenvalue weighted by molar-refractivity contribution is 7.47. The number of phosphoric acid groups is 1. The van der Waals surface area contributed by atoms with E-state index in [-0.39, 0.29) is 19.1 Å². The summed E-state index contributed by atoms with van der Waals surface area (Å²) < 4.78 is 23.5. The summed E-state index contributed by atoms with van der Waals surface area (Å²) in [5.74, 6) is -0.162. The van der Waals surface area contributed by atoms with Gasteiger partial charge in [0.05, 0.1) is 39.9 Å². The Morgan fingerprint density at radius 3 is 1.29 bits per heavy atom. The molecule has 0 aliphatic carbocycles. The van der Waals surface area contributed by atoms with Crippen LogP contribution in [0.5, 0.6) is 0 Å². The summed E-state index contributed by atoms with van der Waals surface area (Å²) in [6, 6.07) is -0.766. The lowest BCUT2D eigenvalue weighted by molar-refractivity contribution is -0.870. The molecule has 0 aromatic heterocycles. The Labute approximate surface area is 418 Å². The minimum atomic E-state index is -4.31. The van der Waals surface area contributed by atoms with Crippen LogP contribution in [0.15, 0.2) is 122 Å². The second-order valence-electron chi connectivity index (χ2n) is 18.9. The van der Waals surface area contributed by atoms with Gasteiger partial charge in [-0.2, -0.15) is 0 Å². The normalized spacial score (nSPS) is 15.0. The van der Waals surface area contributed by atoms with Gasteiger partial charge in [-0.1, -0.05) is 219 Å². The maximum atomic E-state index is 12.8. The predicted octanol–water partition coefficient (Wildman–Crippen LogP) is 16.2. The minimum absolute atomic E-state index is 0.0675. The SMILES string of the molecule is CC/C=C\C/C=C\C/C=C\C/C=C\C/C=C\C/C=C\C/C=C\C/C=C\C/C=C\C/C=C\CCCCCCCCCCCCC(=O)NC(COP(=O)(O)OCC[N+](C)(C)C)C(O)CCCCCCC. The maximum Gasteiger partial charge on any atom is 0.472 e. The molecule has 0 radical (unpaired) electrons. The van der Waals surface area contributed by atoms with Crippen molar-refractivity contribution in [2.24, 2.45) is 0 Å². The number of amides is 1. The van der Waals surface area contributed by atoms with E-state index in [1.165, 1.54) is 44.9 Å². The van der Waals surface area contributed by atoms with Gasteiger partial charge in [0.25, 0.3) is 0 Å². The van der Waals surface area contributed by atoms with E-state index < -0.39 is 20.0 Å². The summed E-state index contributed by atoms with van der Waals surface area (Å²) in [7, 11) is 1.59. The number of likely N-dealkylation sites (N-methyl/N-ethyl adjacent to an activating group) is 1. The molecule has 0 aromatic carbocycles. The van der Waals surface area contributed by atoms with Crippen LogP contribution in [-0.4, -0.2) is 73.4 Å². The third-order valence-electron chi connectivity index (χ3n) is 11.2. The van der Waals surface area contributed by atoms with E-state index in [0.717, 1.165) is 122 Å². The van der Waals surface area contributed by atoms with Crippen LogP contribution in [0.3, 0.4) is 0 Å². The van der Waals surface area contributed by atoms with E-state index in [9.17, 15) is 19.4 Å². The second-order valence-corrected chi connectivity index (χ2v) is 20.3. The monoisotopic (exact) mass is 966 g/mol. The summed E-state index contributed by atoms with van der Waals surface area (Å²) in [5.41, 5.74) is 0. The number of nitrogens with zero attached hydrogens (tertiary/aromatic N) is 1. The first-order valence-corrected chi connectivity index (χ1v) is 28.4. The molecule has 0 aromatic rings. The van der Waals surface area contributed by atoms with Crippen molar-refractivity contribution in [3.8, 4) is 0 Å². The molecule has 0 fully saturated rings. The van der Waals surface area contributed by atoms with E-state index in [2.05, 4.69) is 141 Å². The van der Waals surface area contributed by atoms with E-state index >= 15 is 0 Å². The zero-order valence-electron chi connectivity index (χ0n) is 44.0. The van der Waals surface area contributed by atoms with Crippen LogP contribution >= 0.6 is 7.82 Å². The molecule has 3 N–H and O–H groups in total. The summed E-state index contributed by atoms with van der Waals surface area (Å²) in [4.78, 5) is 23.0. The molecule has 1 amide bonds. The van der Waals surface area contributed by atoms with Crippen LogP contribution in [0, 0.1) is 0 Å². The van der Waals surface area contributed by atoms with Gasteiger partial charge < -0.3 is 19.8 Å². The molecule has 8 nitrogen and oxygen atoms in total. The highest BCUT2D eigenvalue weighted by atomic mass is 31.2. The Bertz CT molecular complexity index is 1510. The fraction of sp³-hybridized carbons (Fsp3) is 0.644. The molecule has 0 saturated heterocycles. The van der Waals surface area contributed by atoms with Gasteiger partial charge in [-0.05, 0) is 89.9 Å². The Hall–Kier alpha value is -3.10. The molecule has 0 heterocycles. The Kier molecular flexibility index (Phi) is 46.7. The van der Waals surface area contributed by atoms with Crippen LogP contribution in [0.4, 0.5) is 0 Å². The van der Waals surface area contributed by atoms with E-state index in [4.69, 9.17) is 9.05 Å². The van der Waals surface area contributed by atoms with Gasteiger partial charge in [0, 0.05) is 6.42 Å². The molecule has 9 heteroatoms. The van der Waals surface area contributed by atoms with Crippen molar-refractivity contribution in [3.63, 3.8) is 0 Å². The smallest absolute Gasteiger partial charge is 0.391 e. The van der Waals surface area contributed by atoms with Gasteiger partial charge in [-0.3, -0.25) is 13.8 Å². The van der Waals surface area contributed by atoms with Crippen LogP contribution in [0.2, 0.25) is 0 Å². The van der Waals surface area contributed by atoms with E-state index in [1.807, 2.05) is 21.1 Å². The van der Waals surface area contributed by atoms with Crippen molar-refractivity contribution in [2.75, 3.05) is 40.9 Å². The minimum Gasteiger partial charge on any atom is -0.391 e. The zero-order valence-corrected chi connectivity index (χ0v) is 44.9. The molecular weight excluding hydrogens is 864 g/mol. The molecule has 0 bridgehead atoms. The molecule has 388 valence electrons. The van der Waals surface area contributed by atoms with Gasteiger partial charge in [0.2, 0.25) is 5.91 Å². The third-order valence-corrected chi connectivity index (χ3v) is 12.2. The van der Waals surface area contributed by atoms with Crippen LogP contribution in [0.1, 0.15) is 194 Å². The average molecular weight is 966 g/mol. The standard InChI is InChI=1S/C59H101N2O6P/c1-6-8-10-12-13-14-15-16-17-18-19-20-21-22-23-24-25-26-27-28-29-30-31-32-33-34-35-36-37-38-39-40-41-42-43-44-45-46-47-49-51-53-59(63)60-57(58(62)52-50-48-11-9-7-2)56-67-68(64,65)66-55-54-61(3,4)5/h8,10,13-14,16-17,19-20,22-23,25-26,28-29,31-32,34-35,37-38,57-58,62H,6-7,9,11-12,15,18,21,24,27,30,33,36,39-56H2,1-5H3,(H-,60,63,64,65)/p+1/b10-8-,14-13-,17-16-,20-19-,23-22-,26-25-,29-28-,32-31-,35-34-,38-37-. The summed E-state index contributed by atoms with van der Waals surface area (Å²) >= 11 is 0.